The molecule has 1 fully saturated rings. The number of nitrogens with zero attached hydrogens (tertiary/aromatic N) is 1. The summed E-state index contributed by atoms with van der Waals surface area (Å²) in [6.07, 6.45) is 5.32. The molecule has 0 spiro atoms. The minimum absolute atomic E-state index is 0.0147. The van der Waals surface area contributed by atoms with Gasteiger partial charge in [-0.3, -0.25) is 0 Å². The van der Waals surface area contributed by atoms with Crippen LogP contribution in [0.5, 0.6) is 5.75 Å². The molecule has 1 saturated heterocycles. The Hall–Kier alpha value is -0.730. The van der Waals surface area contributed by atoms with Crippen molar-refractivity contribution in [2.75, 3.05) is 26.2 Å². The van der Waals surface area contributed by atoms with Gasteiger partial charge in [-0.15, -0.1) is 11.6 Å². The van der Waals surface area contributed by atoms with E-state index in [1.807, 2.05) is 25.1 Å². The van der Waals surface area contributed by atoms with Crippen molar-refractivity contribution in [2.45, 2.75) is 38.0 Å². The van der Waals surface area contributed by atoms with Crippen molar-refractivity contribution in [1.29, 1.82) is 0 Å². The third-order valence-corrected chi connectivity index (χ3v) is 4.05. The summed E-state index contributed by atoms with van der Waals surface area (Å²) in [6.45, 7) is 5.98. The lowest BCUT2D eigenvalue weighted by Gasteiger charge is -2.24. The van der Waals surface area contributed by atoms with Gasteiger partial charge in [-0.2, -0.15) is 0 Å². The van der Waals surface area contributed by atoms with E-state index in [0.29, 0.717) is 6.61 Å². The molecule has 0 aromatic heterocycles. The summed E-state index contributed by atoms with van der Waals surface area (Å²) < 4.78 is 5.67. The normalized spacial score (nSPS) is 18.8. The number of hydrogen-bond donors (Lipinski definition) is 0. The first kappa shape index (κ1) is 14.7. The molecule has 0 aliphatic carbocycles. The zero-order valence-corrected chi connectivity index (χ0v) is 12.5. The van der Waals surface area contributed by atoms with Crippen LogP contribution in [0.15, 0.2) is 24.3 Å². The molecule has 2 nitrogen and oxygen atoms in total. The number of ether oxygens (including phenoxy) is 1. The molecular formula is C16H24ClNO. The molecule has 0 bridgehead atoms. The standard InChI is InChI=1S/C16H24ClNO/c1-2-19-16-10-6-5-9-14(16)15(17)13-18-11-7-3-4-8-12-18/h5-6,9-10,15H,2-4,7-8,11-13H2,1H3. The van der Waals surface area contributed by atoms with Crippen molar-refractivity contribution in [3.63, 3.8) is 0 Å². The van der Waals surface area contributed by atoms with Crippen LogP contribution in [0.1, 0.15) is 43.5 Å². The third kappa shape index (κ3) is 4.39. The second-order valence-corrected chi connectivity index (χ2v) is 5.68. The molecule has 1 aliphatic rings. The molecule has 0 radical (unpaired) electrons. The van der Waals surface area contributed by atoms with Gasteiger partial charge in [0.1, 0.15) is 5.75 Å². The van der Waals surface area contributed by atoms with E-state index < -0.39 is 0 Å². The van der Waals surface area contributed by atoms with Gasteiger partial charge in [0.25, 0.3) is 0 Å². The maximum atomic E-state index is 6.61. The molecule has 0 saturated carbocycles. The Morgan fingerprint density at radius 3 is 2.53 bits per heavy atom. The molecule has 19 heavy (non-hydrogen) atoms. The van der Waals surface area contributed by atoms with Crippen LogP contribution in [-0.2, 0) is 0 Å². The van der Waals surface area contributed by atoms with Crippen LogP contribution >= 0.6 is 11.6 Å². The lowest BCUT2D eigenvalue weighted by atomic mass is 10.1. The lowest BCUT2D eigenvalue weighted by Crippen LogP contribution is -2.28. The van der Waals surface area contributed by atoms with Gasteiger partial charge in [0.05, 0.1) is 12.0 Å². The Morgan fingerprint density at radius 2 is 1.84 bits per heavy atom. The Balaban J connectivity index is 2.00. The Labute approximate surface area is 121 Å². The van der Waals surface area contributed by atoms with Crippen molar-refractivity contribution in [1.82, 2.24) is 4.90 Å². The summed E-state index contributed by atoms with van der Waals surface area (Å²) in [5.41, 5.74) is 1.12. The Bertz CT molecular complexity index is 375. The van der Waals surface area contributed by atoms with Crippen LogP contribution in [0.3, 0.4) is 0 Å². The highest BCUT2D eigenvalue weighted by molar-refractivity contribution is 6.21. The molecule has 1 unspecified atom stereocenters. The van der Waals surface area contributed by atoms with E-state index in [2.05, 4.69) is 11.0 Å². The first-order valence-corrected chi connectivity index (χ1v) is 7.83. The van der Waals surface area contributed by atoms with Crippen molar-refractivity contribution < 1.29 is 4.74 Å². The largest absolute Gasteiger partial charge is 0.494 e. The van der Waals surface area contributed by atoms with E-state index in [-0.39, 0.29) is 5.38 Å². The first-order chi connectivity index (χ1) is 9.31. The van der Waals surface area contributed by atoms with Crippen molar-refractivity contribution in [2.24, 2.45) is 0 Å². The molecule has 0 N–H and O–H groups in total. The van der Waals surface area contributed by atoms with Gasteiger partial charge in [0, 0.05) is 12.1 Å². The molecule has 1 atom stereocenters. The quantitative estimate of drug-likeness (QED) is 0.749. The van der Waals surface area contributed by atoms with Gasteiger partial charge in [0.2, 0.25) is 0 Å². The van der Waals surface area contributed by atoms with Gasteiger partial charge < -0.3 is 9.64 Å². The highest BCUT2D eigenvalue weighted by atomic mass is 35.5. The number of para-hydroxylation sites is 1. The number of hydrogen-bond acceptors (Lipinski definition) is 2. The Morgan fingerprint density at radius 1 is 1.16 bits per heavy atom. The number of likely N-dealkylation sites (tertiary alicyclic amines) is 1. The highest BCUT2D eigenvalue weighted by Gasteiger charge is 2.18. The summed E-state index contributed by atoms with van der Waals surface area (Å²) in [6, 6.07) is 8.14. The fraction of sp³-hybridized carbons (Fsp3) is 0.625. The zero-order valence-electron chi connectivity index (χ0n) is 11.8. The van der Waals surface area contributed by atoms with Gasteiger partial charge in [-0.1, -0.05) is 31.0 Å². The minimum Gasteiger partial charge on any atom is -0.494 e. The SMILES string of the molecule is CCOc1ccccc1C(Cl)CN1CCCCCC1. The molecule has 1 aromatic carbocycles. The second-order valence-electron chi connectivity index (χ2n) is 5.15. The fourth-order valence-electron chi connectivity index (χ4n) is 2.67. The average Bonchev–Trinajstić information content (AvgIpc) is 2.68. The van der Waals surface area contributed by atoms with E-state index in [1.54, 1.807) is 0 Å². The maximum absolute atomic E-state index is 6.61. The average molecular weight is 282 g/mol. The summed E-state index contributed by atoms with van der Waals surface area (Å²) in [5.74, 6) is 0.930. The fourth-order valence-corrected chi connectivity index (χ4v) is 3.05. The van der Waals surface area contributed by atoms with Gasteiger partial charge in [-0.05, 0) is 38.9 Å². The highest BCUT2D eigenvalue weighted by Crippen LogP contribution is 2.30. The predicted molar refractivity (Wildman–Crippen MR) is 81.1 cm³/mol. The first-order valence-electron chi connectivity index (χ1n) is 7.39. The lowest BCUT2D eigenvalue weighted by molar-refractivity contribution is 0.281. The van der Waals surface area contributed by atoms with E-state index in [9.17, 15) is 0 Å². The molecule has 1 aromatic rings. The number of benzene rings is 1. The second kappa shape index (κ2) is 7.76. The van der Waals surface area contributed by atoms with Crippen molar-refractivity contribution in [3.8, 4) is 5.75 Å². The van der Waals surface area contributed by atoms with E-state index in [1.165, 1.54) is 38.8 Å². The van der Waals surface area contributed by atoms with E-state index >= 15 is 0 Å². The van der Waals surface area contributed by atoms with E-state index in [0.717, 1.165) is 17.9 Å². The monoisotopic (exact) mass is 281 g/mol. The molecule has 2 rings (SSSR count). The van der Waals surface area contributed by atoms with Crippen molar-refractivity contribution >= 4 is 11.6 Å². The molecule has 0 amide bonds. The number of rotatable bonds is 5. The van der Waals surface area contributed by atoms with Crippen LogP contribution < -0.4 is 4.74 Å². The predicted octanol–water partition coefficient (Wildman–Crippen LogP) is 4.24. The smallest absolute Gasteiger partial charge is 0.124 e. The minimum atomic E-state index is 0.0147. The van der Waals surface area contributed by atoms with Crippen LogP contribution in [0.25, 0.3) is 0 Å². The summed E-state index contributed by atoms with van der Waals surface area (Å²) in [7, 11) is 0. The van der Waals surface area contributed by atoms with Crippen LogP contribution in [0, 0.1) is 0 Å². The van der Waals surface area contributed by atoms with Crippen LogP contribution in [-0.4, -0.2) is 31.1 Å². The molecule has 3 heteroatoms. The van der Waals surface area contributed by atoms with E-state index in [4.69, 9.17) is 16.3 Å². The molecule has 1 heterocycles. The third-order valence-electron chi connectivity index (χ3n) is 3.67. The molecular weight excluding hydrogens is 258 g/mol. The Kier molecular flexibility index (Phi) is 5.99. The number of alkyl halides is 1. The van der Waals surface area contributed by atoms with Gasteiger partial charge >= 0.3 is 0 Å². The van der Waals surface area contributed by atoms with Crippen LogP contribution in [0.4, 0.5) is 0 Å². The zero-order chi connectivity index (χ0) is 13.5. The summed E-state index contributed by atoms with van der Waals surface area (Å²) in [5, 5.41) is 0.0147. The summed E-state index contributed by atoms with van der Waals surface area (Å²) >= 11 is 6.61. The summed E-state index contributed by atoms with van der Waals surface area (Å²) in [4.78, 5) is 2.49. The van der Waals surface area contributed by atoms with Crippen molar-refractivity contribution in [3.05, 3.63) is 29.8 Å². The van der Waals surface area contributed by atoms with Gasteiger partial charge in [0.15, 0.2) is 0 Å². The molecule has 106 valence electrons. The van der Waals surface area contributed by atoms with Gasteiger partial charge in [-0.25, -0.2) is 0 Å². The van der Waals surface area contributed by atoms with Crippen LogP contribution in [0.2, 0.25) is 0 Å². The maximum Gasteiger partial charge on any atom is 0.124 e. The topological polar surface area (TPSA) is 12.5 Å². The number of halogens is 1. The molecule has 1 aliphatic heterocycles.